The van der Waals surface area contributed by atoms with Gasteiger partial charge in [-0.3, -0.25) is 4.79 Å². The van der Waals surface area contributed by atoms with Gasteiger partial charge in [0.25, 0.3) is 5.76 Å². The molecule has 112 valence electrons. The second kappa shape index (κ2) is 6.91. The number of nitrogens with zero attached hydrogens (tertiary/aromatic N) is 1. The smallest absolute Gasteiger partial charge is 0.288 e. The van der Waals surface area contributed by atoms with Crippen LogP contribution in [0.1, 0.15) is 11.3 Å². The SMILES string of the molecule is Cc1noc(Cl)c1CC(=O)Nc1ccc(SC(F)F)cc1. The van der Waals surface area contributed by atoms with Crippen LogP contribution in [0.25, 0.3) is 0 Å². The summed E-state index contributed by atoms with van der Waals surface area (Å²) in [4.78, 5) is 12.3. The van der Waals surface area contributed by atoms with Crippen LogP contribution in [0.15, 0.2) is 33.7 Å². The van der Waals surface area contributed by atoms with Crippen LogP contribution in [-0.2, 0) is 11.2 Å². The summed E-state index contributed by atoms with van der Waals surface area (Å²) in [6.45, 7) is 1.69. The Bertz CT molecular complexity index is 612. The normalized spacial score (nSPS) is 10.9. The molecular weight excluding hydrogens is 322 g/mol. The first-order chi connectivity index (χ1) is 9.95. The first-order valence-electron chi connectivity index (χ1n) is 5.91. The van der Waals surface area contributed by atoms with Crippen LogP contribution < -0.4 is 5.32 Å². The van der Waals surface area contributed by atoms with E-state index in [1.165, 1.54) is 12.1 Å². The largest absolute Gasteiger partial charge is 0.344 e. The molecule has 1 aromatic heterocycles. The van der Waals surface area contributed by atoms with Crippen LogP contribution in [0.5, 0.6) is 0 Å². The van der Waals surface area contributed by atoms with Crippen LogP contribution in [0.4, 0.5) is 14.5 Å². The molecule has 21 heavy (non-hydrogen) atoms. The van der Waals surface area contributed by atoms with Crippen molar-refractivity contribution in [3.05, 3.63) is 40.7 Å². The van der Waals surface area contributed by atoms with Crippen LogP contribution in [0.3, 0.4) is 0 Å². The average Bonchev–Trinajstić information content (AvgIpc) is 2.72. The summed E-state index contributed by atoms with van der Waals surface area (Å²) >= 11 is 6.23. The number of anilines is 1. The molecule has 0 bridgehead atoms. The van der Waals surface area contributed by atoms with Gasteiger partial charge in [-0.05, 0) is 42.8 Å². The number of carbonyl (C=O) groups is 1. The minimum atomic E-state index is -2.47. The van der Waals surface area contributed by atoms with Gasteiger partial charge in [0.1, 0.15) is 0 Å². The summed E-state index contributed by atoms with van der Waals surface area (Å²) in [5.74, 6) is -2.76. The number of hydrogen-bond acceptors (Lipinski definition) is 4. The van der Waals surface area contributed by atoms with Crippen LogP contribution in [-0.4, -0.2) is 16.8 Å². The van der Waals surface area contributed by atoms with Crippen molar-refractivity contribution in [1.29, 1.82) is 0 Å². The lowest BCUT2D eigenvalue weighted by Gasteiger charge is -2.06. The second-order valence-corrected chi connectivity index (χ2v) is 5.55. The first kappa shape index (κ1) is 15.8. The minimum Gasteiger partial charge on any atom is -0.344 e. The summed E-state index contributed by atoms with van der Waals surface area (Å²) in [5, 5.41) is 6.40. The topological polar surface area (TPSA) is 55.1 Å². The van der Waals surface area contributed by atoms with Gasteiger partial charge >= 0.3 is 0 Å². The molecule has 2 rings (SSSR count). The Balaban J connectivity index is 1.97. The van der Waals surface area contributed by atoms with Crippen molar-refractivity contribution in [1.82, 2.24) is 5.16 Å². The van der Waals surface area contributed by atoms with E-state index < -0.39 is 5.76 Å². The van der Waals surface area contributed by atoms with Gasteiger partial charge in [-0.15, -0.1) is 0 Å². The van der Waals surface area contributed by atoms with Gasteiger partial charge in [0.15, 0.2) is 0 Å². The molecule has 1 amide bonds. The lowest BCUT2D eigenvalue weighted by atomic mass is 10.2. The molecule has 0 radical (unpaired) electrons. The van der Waals surface area contributed by atoms with Gasteiger partial charge in [0.2, 0.25) is 11.1 Å². The molecule has 8 heteroatoms. The zero-order valence-corrected chi connectivity index (χ0v) is 12.5. The Hall–Kier alpha value is -1.60. The maximum atomic E-state index is 12.2. The quantitative estimate of drug-likeness (QED) is 0.836. The Kier molecular flexibility index (Phi) is 5.19. The van der Waals surface area contributed by atoms with E-state index in [2.05, 4.69) is 10.5 Å². The molecule has 0 unspecified atom stereocenters. The molecule has 0 aliphatic heterocycles. The minimum absolute atomic E-state index is 0.0295. The van der Waals surface area contributed by atoms with Crippen LogP contribution in [0.2, 0.25) is 5.22 Å². The predicted molar refractivity (Wildman–Crippen MR) is 76.9 cm³/mol. The standard InChI is InChI=1S/C13H11ClF2N2O2S/c1-7-10(12(14)20-18-7)6-11(19)17-8-2-4-9(5-3-8)21-13(15)16/h2-5,13H,6H2,1H3,(H,17,19). The third-order valence-corrected chi connectivity index (χ3v) is 3.66. The van der Waals surface area contributed by atoms with Gasteiger partial charge in [0.05, 0.1) is 12.1 Å². The zero-order valence-electron chi connectivity index (χ0n) is 10.9. The molecule has 0 atom stereocenters. The van der Waals surface area contributed by atoms with E-state index in [4.69, 9.17) is 16.1 Å². The number of aromatic nitrogens is 1. The fraction of sp³-hybridized carbons (Fsp3) is 0.231. The maximum absolute atomic E-state index is 12.2. The van der Waals surface area contributed by atoms with Crippen molar-refractivity contribution in [2.75, 3.05) is 5.32 Å². The van der Waals surface area contributed by atoms with Gasteiger partial charge < -0.3 is 9.84 Å². The van der Waals surface area contributed by atoms with E-state index in [1.807, 2.05) is 0 Å². The van der Waals surface area contributed by atoms with Crippen molar-refractivity contribution in [3.63, 3.8) is 0 Å². The molecule has 0 aliphatic carbocycles. The number of alkyl halides is 2. The van der Waals surface area contributed by atoms with E-state index in [0.29, 0.717) is 33.6 Å². The lowest BCUT2D eigenvalue weighted by Crippen LogP contribution is -2.14. The number of rotatable bonds is 5. The van der Waals surface area contributed by atoms with E-state index in [0.717, 1.165) is 0 Å². The fourth-order valence-corrected chi connectivity index (χ4v) is 2.38. The van der Waals surface area contributed by atoms with E-state index in [1.54, 1.807) is 19.1 Å². The number of thioether (sulfide) groups is 1. The summed E-state index contributed by atoms with van der Waals surface area (Å²) in [6.07, 6.45) is 0.0295. The molecule has 0 spiro atoms. The number of halogens is 3. The van der Waals surface area contributed by atoms with Crippen LogP contribution >= 0.6 is 23.4 Å². The van der Waals surface area contributed by atoms with Crippen molar-refractivity contribution in [3.8, 4) is 0 Å². The predicted octanol–water partition coefficient (Wildman–Crippen LogP) is 4.13. The fourth-order valence-electron chi connectivity index (χ4n) is 1.64. The maximum Gasteiger partial charge on any atom is 0.288 e. The van der Waals surface area contributed by atoms with E-state index >= 15 is 0 Å². The third kappa shape index (κ3) is 4.44. The summed E-state index contributed by atoms with van der Waals surface area (Å²) in [5.41, 5.74) is 1.60. The highest BCUT2D eigenvalue weighted by molar-refractivity contribution is 7.99. The Morgan fingerprint density at radius 1 is 1.43 bits per heavy atom. The van der Waals surface area contributed by atoms with E-state index in [9.17, 15) is 13.6 Å². The molecule has 0 saturated carbocycles. The molecule has 1 heterocycles. The van der Waals surface area contributed by atoms with Crippen molar-refractivity contribution in [2.45, 2.75) is 24.0 Å². The van der Waals surface area contributed by atoms with E-state index in [-0.39, 0.29) is 17.5 Å². The monoisotopic (exact) mass is 332 g/mol. The molecule has 0 saturated heterocycles. The number of amides is 1. The van der Waals surface area contributed by atoms with Gasteiger partial charge in [0, 0.05) is 16.1 Å². The highest BCUT2D eigenvalue weighted by atomic mass is 35.5. The zero-order chi connectivity index (χ0) is 15.4. The number of carbonyl (C=O) groups excluding carboxylic acids is 1. The molecule has 0 fully saturated rings. The highest BCUT2D eigenvalue weighted by Gasteiger charge is 2.15. The molecular formula is C13H11ClF2N2O2S. The summed E-state index contributed by atoms with van der Waals surface area (Å²) in [7, 11) is 0. The molecule has 1 aromatic carbocycles. The average molecular weight is 333 g/mol. The Labute approximate surface area is 128 Å². The number of hydrogen-bond donors (Lipinski definition) is 1. The first-order valence-corrected chi connectivity index (χ1v) is 7.17. The number of aryl methyl sites for hydroxylation is 1. The number of nitrogens with one attached hydrogen (secondary N) is 1. The van der Waals surface area contributed by atoms with Gasteiger partial charge in [-0.25, -0.2) is 0 Å². The molecule has 2 aromatic rings. The third-order valence-electron chi connectivity index (χ3n) is 2.64. The summed E-state index contributed by atoms with van der Waals surface area (Å²) in [6, 6.07) is 6.16. The van der Waals surface area contributed by atoms with Crippen molar-refractivity contribution >= 4 is 35.0 Å². The van der Waals surface area contributed by atoms with Gasteiger partial charge in [-0.2, -0.15) is 8.78 Å². The van der Waals surface area contributed by atoms with Crippen LogP contribution in [0, 0.1) is 6.92 Å². The second-order valence-electron chi connectivity index (χ2n) is 4.15. The molecule has 0 aliphatic rings. The Morgan fingerprint density at radius 2 is 2.10 bits per heavy atom. The summed E-state index contributed by atoms with van der Waals surface area (Å²) < 4.78 is 29.1. The molecule has 4 nitrogen and oxygen atoms in total. The van der Waals surface area contributed by atoms with Crippen molar-refractivity contribution in [2.24, 2.45) is 0 Å². The number of benzene rings is 1. The highest BCUT2D eigenvalue weighted by Crippen LogP contribution is 2.26. The Morgan fingerprint density at radius 3 is 2.62 bits per heavy atom. The lowest BCUT2D eigenvalue weighted by molar-refractivity contribution is -0.115. The molecule has 1 N–H and O–H groups in total. The van der Waals surface area contributed by atoms with Crippen molar-refractivity contribution < 1.29 is 18.1 Å². The van der Waals surface area contributed by atoms with Gasteiger partial charge in [-0.1, -0.05) is 16.9 Å².